The number of hydrogen-bond acceptors (Lipinski definition) is 11. The molecule has 8 rings (SSSR count). The maximum atomic E-state index is 13.6. The summed E-state index contributed by atoms with van der Waals surface area (Å²) in [5.74, 6) is -1.99. The predicted octanol–water partition coefficient (Wildman–Crippen LogP) is 17.6. The third kappa shape index (κ3) is 32.1. The van der Waals surface area contributed by atoms with Gasteiger partial charge in [-0.1, -0.05) is 152 Å². The summed E-state index contributed by atoms with van der Waals surface area (Å²) >= 11 is 0. The maximum absolute atomic E-state index is 13.6. The molecule has 0 aliphatic heterocycles. The number of aromatic nitrogens is 11. The molecule has 0 saturated carbocycles. The molecule has 20 nitrogen and oxygen atoms in total. The average molecular weight is 1920 g/mol. The molecule has 33 heteroatoms. The van der Waals surface area contributed by atoms with Crippen LogP contribution in [0, 0.1) is 78.5 Å². The van der Waals surface area contributed by atoms with Gasteiger partial charge in [0.05, 0.1) is 5.82 Å². The number of pyridine rings is 3. The normalized spacial score (nSPS) is 11.2. The summed E-state index contributed by atoms with van der Waals surface area (Å²) in [6.45, 7) is 32.4. The Bertz CT molecular complexity index is 3640. The van der Waals surface area contributed by atoms with Crippen molar-refractivity contribution in [1.29, 1.82) is 10.5 Å². The summed E-state index contributed by atoms with van der Waals surface area (Å²) in [5.41, 5.74) is 0.830. The zero-order chi connectivity index (χ0) is 72.4. The van der Waals surface area contributed by atoms with E-state index in [0.29, 0.717) is 17.0 Å². The Labute approximate surface area is 613 Å². The molecule has 0 fully saturated rings. The standard InChI is InChI=1S/C14H13F2N2.C12H8F2N.C11H17F3N4.C11H8F3N2.C9H18N6.C9H15N5.3Ir/c1-14(2,3)9-6-7-17-11(8-9)10-4-5-12(15)18-13(10)16;1-8-10(13)6-5-9(12(8)14)11-4-2-3-7-15-11;1-7(2)15-10(16-8(3)4)18-6-5-9(17-18)11(12,13)14;1-16-7-9(11(12,13)14)15-10(16)8-5-3-2-4-6-8;1-6(2)10-9(11-7(3)4)15-8(5)12-13-14-15;1-7(2)12-9(13-8(3)4)14(5-10)6-11;;;/h5-8H,1-3H3;2-4,6-7H,1H3;5-8,10H,1-4H3;2-5,7H,1H3;6-7,9H,1-5H3;7-9H,1-4H3;;;/q2*-1;-2;-1;2*-2;3*+3. The Kier molecular flexibility index (Phi) is 40.7. The molecule has 0 atom stereocenters. The third-order valence-corrected chi connectivity index (χ3v) is 12.0. The second-order valence-corrected chi connectivity index (χ2v) is 23.5. The fourth-order valence-corrected chi connectivity index (χ4v) is 7.58. The molecule has 0 aliphatic carbocycles. The largest absolute Gasteiger partial charge is 3.00 e. The van der Waals surface area contributed by atoms with Gasteiger partial charge in [0.1, 0.15) is 17.7 Å². The van der Waals surface area contributed by atoms with Gasteiger partial charge in [0.2, 0.25) is 0 Å². The van der Waals surface area contributed by atoms with Crippen LogP contribution in [-0.2, 0) is 85.1 Å². The van der Waals surface area contributed by atoms with Crippen LogP contribution < -0.4 is 0 Å². The monoisotopic (exact) mass is 1920 g/mol. The van der Waals surface area contributed by atoms with E-state index in [1.807, 2.05) is 96.1 Å². The van der Waals surface area contributed by atoms with E-state index in [-0.39, 0.29) is 131 Å². The average Bonchev–Trinajstić information content (AvgIpc) is 1.75. The summed E-state index contributed by atoms with van der Waals surface area (Å²) in [6, 6.07) is 27.0. The topological polar surface area (TPSA) is 253 Å². The van der Waals surface area contributed by atoms with Gasteiger partial charge in [-0.2, -0.15) is 42.0 Å². The molecular weight excluding hydrogens is 1840 g/mol. The van der Waals surface area contributed by atoms with Crippen LogP contribution >= 0.6 is 0 Å². The van der Waals surface area contributed by atoms with E-state index in [1.165, 1.54) is 24.7 Å². The predicted molar refractivity (Wildman–Crippen MR) is 346 cm³/mol. The number of halogens is 10. The summed E-state index contributed by atoms with van der Waals surface area (Å²) < 4.78 is 132. The Morgan fingerprint density at radius 3 is 1.56 bits per heavy atom. The van der Waals surface area contributed by atoms with E-state index >= 15 is 0 Å². The zero-order valence-electron chi connectivity index (χ0n) is 57.7. The van der Waals surface area contributed by atoms with Crippen LogP contribution in [0.25, 0.3) is 65.8 Å². The van der Waals surface area contributed by atoms with Crippen molar-refractivity contribution in [3.8, 4) is 46.3 Å². The summed E-state index contributed by atoms with van der Waals surface area (Å²) in [6.07, 6.45) is -1.66. The molecule has 0 radical (unpaired) electrons. The van der Waals surface area contributed by atoms with Crippen LogP contribution in [0.5, 0.6) is 0 Å². The zero-order valence-corrected chi connectivity index (χ0v) is 64.8. The first-order valence-corrected chi connectivity index (χ1v) is 30.0. The molecular formula is C66H79F10Ir3N20. The molecule has 0 unspecified atom stereocenters. The number of tetrazole rings is 1. The molecule has 0 spiro atoms. The Morgan fingerprint density at radius 1 is 0.596 bits per heavy atom. The number of hydrogen-bond donors (Lipinski definition) is 0. The fraction of sp³-hybridized carbons (Fsp3) is 0.455. The number of nitriles is 2. The van der Waals surface area contributed by atoms with Crippen molar-refractivity contribution in [2.75, 3.05) is 0 Å². The first-order valence-electron chi connectivity index (χ1n) is 30.0. The minimum absolute atomic E-state index is 0. The van der Waals surface area contributed by atoms with Crippen molar-refractivity contribution < 1.29 is 104 Å². The van der Waals surface area contributed by atoms with Gasteiger partial charge in [-0.05, 0) is 57.9 Å². The SMILES string of the molecule is CC(C)(C)c1ccnc(-c2[c-]cc(F)nc2F)c1.CC(C)[N-]C([N-]C(C)C)N(C#N)C#N.CC(C)[N-]C([N-]C(C)C)n1ccc(C(F)(F)F)n1.Cc1c(F)c[c-]c(-c2ccccn2)c1F.Cc1nnnn1C([N-]C(C)C)[N-]C(C)C.Cn1cc(C(F)(F)F)nc1-c1[c-]cccc1.[Ir+3].[Ir+3].[Ir+3]. The van der Waals surface area contributed by atoms with Crippen molar-refractivity contribution in [2.24, 2.45) is 7.05 Å². The molecule has 8 aromatic rings. The van der Waals surface area contributed by atoms with Crippen molar-refractivity contribution >= 4 is 0 Å². The van der Waals surface area contributed by atoms with Gasteiger partial charge in [0.15, 0.2) is 23.8 Å². The quantitative estimate of drug-likeness (QED) is 0.0257. The van der Waals surface area contributed by atoms with Gasteiger partial charge < -0.3 is 51.1 Å². The Hall–Kier alpha value is -6.83. The number of benzene rings is 2. The first kappa shape index (κ1) is 92.2. The minimum Gasteiger partial charge on any atom is -0.657 e. The van der Waals surface area contributed by atoms with E-state index in [4.69, 9.17) is 10.5 Å². The second-order valence-electron chi connectivity index (χ2n) is 23.5. The molecule has 0 aliphatic rings. The van der Waals surface area contributed by atoms with Gasteiger partial charge in [0, 0.05) is 43.5 Å². The smallest absolute Gasteiger partial charge is 0.657 e. The van der Waals surface area contributed by atoms with Crippen LogP contribution in [0.1, 0.15) is 145 Å². The minimum atomic E-state index is -4.44. The van der Waals surface area contributed by atoms with Crippen molar-refractivity contribution in [3.63, 3.8) is 0 Å². The molecule has 99 heavy (non-hydrogen) atoms. The summed E-state index contributed by atoms with van der Waals surface area (Å²) in [5, 5.41) is 57.9. The van der Waals surface area contributed by atoms with Gasteiger partial charge in [-0.15, -0.1) is 114 Å². The van der Waals surface area contributed by atoms with Gasteiger partial charge in [-0.3, -0.25) is 28.3 Å². The molecule has 0 N–H and O–H groups in total. The molecule has 0 saturated heterocycles. The summed E-state index contributed by atoms with van der Waals surface area (Å²) in [7, 11) is 1.53. The maximum Gasteiger partial charge on any atom is 3.00 e. The van der Waals surface area contributed by atoms with Crippen molar-refractivity contribution in [3.05, 3.63) is 200 Å². The van der Waals surface area contributed by atoms with E-state index in [2.05, 4.69) is 111 Å². The first-order chi connectivity index (χ1) is 44.8. The van der Waals surface area contributed by atoms with Crippen LogP contribution in [-0.4, -0.2) is 102 Å². The van der Waals surface area contributed by atoms with E-state index in [9.17, 15) is 43.9 Å². The molecule has 6 heterocycles. The molecule has 540 valence electrons. The number of rotatable bonds is 18. The van der Waals surface area contributed by atoms with Crippen LogP contribution in [0.4, 0.5) is 43.9 Å². The second kappa shape index (κ2) is 43.7. The van der Waals surface area contributed by atoms with E-state index < -0.39 is 59.8 Å². The molecule has 6 aromatic heterocycles. The Morgan fingerprint density at radius 2 is 1.12 bits per heavy atom. The summed E-state index contributed by atoms with van der Waals surface area (Å²) in [4.78, 5) is 15.7. The number of aryl methyl sites for hydroxylation is 2. The van der Waals surface area contributed by atoms with Gasteiger partial charge in [0.25, 0.3) is 0 Å². The molecule has 0 amide bonds. The van der Waals surface area contributed by atoms with Crippen molar-refractivity contribution in [2.45, 2.75) is 191 Å². The number of imidazole rings is 1. The van der Waals surface area contributed by atoms with Crippen LogP contribution in [0.3, 0.4) is 0 Å². The van der Waals surface area contributed by atoms with Gasteiger partial charge >= 0.3 is 72.7 Å². The van der Waals surface area contributed by atoms with E-state index in [1.54, 1.807) is 78.0 Å². The third-order valence-electron chi connectivity index (χ3n) is 12.0. The Balaban J connectivity index is 0.00000116. The van der Waals surface area contributed by atoms with Gasteiger partial charge in [-0.25, -0.2) is 8.78 Å². The molecule has 0 bridgehead atoms. The van der Waals surface area contributed by atoms with Crippen molar-refractivity contribution in [1.82, 2.24) is 59.4 Å². The fourth-order valence-electron chi connectivity index (χ4n) is 7.58. The molecule has 2 aromatic carbocycles. The van der Waals surface area contributed by atoms with Crippen LogP contribution in [0.2, 0.25) is 0 Å². The van der Waals surface area contributed by atoms with Crippen LogP contribution in [0.15, 0.2) is 97.6 Å². The number of alkyl halides is 6. The number of nitrogens with zero attached hydrogens (tertiary/aromatic N) is 20. The van der Waals surface area contributed by atoms with E-state index in [0.717, 1.165) is 45.4 Å².